The number of aromatic nitrogens is 2. The van der Waals surface area contributed by atoms with Crippen LogP contribution in [-0.2, 0) is 6.54 Å². The van der Waals surface area contributed by atoms with Gasteiger partial charge in [0.2, 0.25) is 0 Å². The minimum atomic E-state index is 0. The van der Waals surface area contributed by atoms with E-state index >= 15 is 0 Å². The van der Waals surface area contributed by atoms with Crippen LogP contribution in [0, 0.1) is 11.8 Å². The Labute approximate surface area is 110 Å². The number of halogens is 1. The minimum Gasteiger partial charge on any atom is -0.330 e. The molecule has 17 heavy (non-hydrogen) atoms. The van der Waals surface area contributed by atoms with Crippen molar-refractivity contribution in [2.45, 2.75) is 19.9 Å². The summed E-state index contributed by atoms with van der Waals surface area (Å²) in [5.74, 6) is 1.46. The zero-order chi connectivity index (χ0) is 11.4. The van der Waals surface area contributed by atoms with E-state index in [9.17, 15) is 0 Å². The molecular weight excluding hydrogens is 236 g/mol. The van der Waals surface area contributed by atoms with Crippen LogP contribution in [0.2, 0.25) is 0 Å². The average Bonchev–Trinajstić information content (AvgIpc) is 2.81. The summed E-state index contributed by atoms with van der Waals surface area (Å²) < 4.78 is 2.00. The van der Waals surface area contributed by atoms with Crippen molar-refractivity contribution in [2.75, 3.05) is 26.2 Å². The highest BCUT2D eigenvalue weighted by Crippen LogP contribution is 2.21. The molecule has 2 rings (SSSR count). The van der Waals surface area contributed by atoms with Crippen molar-refractivity contribution in [1.82, 2.24) is 14.7 Å². The first-order chi connectivity index (χ1) is 7.79. The van der Waals surface area contributed by atoms with Gasteiger partial charge in [-0.2, -0.15) is 5.10 Å². The molecule has 0 saturated carbocycles. The number of nitrogens with two attached hydrogens (primary N) is 1. The highest BCUT2D eigenvalue weighted by molar-refractivity contribution is 5.85. The molecule has 1 aliphatic rings. The fourth-order valence-corrected chi connectivity index (χ4v) is 2.41. The van der Waals surface area contributed by atoms with Gasteiger partial charge in [-0.15, -0.1) is 12.4 Å². The Bertz CT molecular complexity index is 301. The highest BCUT2D eigenvalue weighted by atomic mass is 35.5. The standard InChI is InChI=1S/C12H22N4.ClH/c1-11-3-6-15(10-12(11)9-13)7-8-16-5-2-4-14-16;/h2,4-5,11-12H,3,6-10,13H2,1H3;1H. The van der Waals surface area contributed by atoms with Crippen LogP contribution >= 0.6 is 12.4 Å². The monoisotopic (exact) mass is 258 g/mol. The highest BCUT2D eigenvalue weighted by Gasteiger charge is 2.24. The summed E-state index contributed by atoms with van der Waals surface area (Å²) in [6, 6.07) is 1.97. The molecule has 1 aromatic heterocycles. The first-order valence-electron chi connectivity index (χ1n) is 6.19. The van der Waals surface area contributed by atoms with E-state index in [-0.39, 0.29) is 12.4 Å². The molecule has 4 nitrogen and oxygen atoms in total. The molecule has 1 aliphatic heterocycles. The molecule has 2 heterocycles. The molecule has 0 spiro atoms. The summed E-state index contributed by atoms with van der Waals surface area (Å²) in [7, 11) is 0. The lowest BCUT2D eigenvalue weighted by atomic mass is 9.87. The number of hydrogen-bond donors (Lipinski definition) is 1. The van der Waals surface area contributed by atoms with E-state index in [0.717, 1.165) is 32.1 Å². The Kier molecular flexibility index (Phi) is 5.95. The summed E-state index contributed by atoms with van der Waals surface area (Å²) >= 11 is 0. The van der Waals surface area contributed by atoms with Gasteiger partial charge in [0.15, 0.2) is 0 Å². The van der Waals surface area contributed by atoms with Crippen molar-refractivity contribution in [3.63, 3.8) is 0 Å². The van der Waals surface area contributed by atoms with E-state index in [0.29, 0.717) is 5.92 Å². The van der Waals surface area contributed by atoms with E-state index in [4.69, 9.17) is 5.73 Å². The summed E-state index contributed by atoms with van der Waals surface area (Å²) in [4.78, 5) is 2.51. The van der Waals surface area contributed by atoms with Crippen LogP contribution in [0.1, 0.15) is 13.3 Å². The summed E-state index contributed by atoms with van der Waals surface area (Å²) in [5, 5.41) is 4.22. The Morgan fingerprint density at radius 3 is 2.88 bits per heavy atom. The van der Waals surface area contributed by atoms with Gasteiger partial charge in [-0.1, -0.05) is 6.92 Å². The lowest BCUT2D eigenvalue weighted by Crippen LogP contribution is -2.43. The Morgan fingerprint density at radius 2 is 2.24 bits per heavy atom. The molecule has 2 unspecified atom stereocenters. The van der Waals surface area contributed by atoms with Gasteiger partial charge in [0, 0.05) is 25.5 Å². The number of hydrogen-bond acceptors (Lipinski definition) is 3. The SMILES string of the molecule is CC1CCN(CCn2cccn2)CC1CN.Cl. The fraction of sp³-hybridized carbons (Fsp3) is 0.750. The van der Waals surface area contributed by atoms with Crippen molar-refractivity contribution in [2.24, 2.45) is 17.6 Å². The maximum atomic E-state index is 5.80. The van der Waals surface area contributed by atoms with E-state index in [1.807, 2.05) is 23.1 Å². The third-order valence-electron chi connectivity index (χ3n) is 3.71. The zero-order valence-corrected chi connectivity index (χ0v) is 11.3. The topological polar surface area (TPSA) is 47.1 Å². The van der Waals surface area contributed by atoms with Crippen molar-refractivity contribution < 1.29 is 0 Å². The van der Waals surface area contributed by atoms with Gasteiger partial charge < -0.3 is 10.6 Å². The van der Waals surface area contributed by atoms with Crippen LogP contribution in [0.3, 0.4) is 0 Å². The van der Waals surface area contributed by atoms with Gasteiger partial charge in [0.1, 0.15) is 0 Å². The normalized spacial score (nSPS) is 25.5. The summed E-state index contributed by atoms with van der Waals surface area (Å²) in [6.45, 7) is 7.57. The van der Waals surface area contributed by atoms with E-state index < -0.39 is 0 Å². The first kappa shape index (κ1) is 14.5. The van der Waals surface area contributed by atoms with Crippen LogP contribution in [-0.4, -0.2) is 40.9 Å². The van der Waals surface area contributed by atoms with E-state index in [1.165, 1.54) is 13.0 Å². The van der Waals surface area contributed by atoms with Crippen LogP contribution in [0.5, 0.6) is 0 Å². The number of likely N-dealkylation sites (tertiary alicyclic amines) is 1. The Hall–Kier alpha value is -0.580. The van der Waals surface area contributed by atoms with Gasteiger partial charge >= 0.3 is 0 Å². The lowest BCUT2D eigenvalue weighted by molar-refractivity contribution is 0.127. The molecule has 2 atom stereocenters. The molecule has 1 aromatic rings. The van der Waals surface area contributed by atoms with Crippen LogP contribution in [0.4, 0.5) is 0 Å². The molecular formula is C12H23ClN4. The van der Waals surface area contributed by atoms with Crippen molar-refractivity contribution in [3.8, 4) is 0 Å². The number of rotatable bonds is 4. The molecule has 1 fully saturated rings. The largest absolute Gasteiger partial charge is 0.330 e. The zero-order valence-electron chi connectivity index (χ0n) is 10.5. The molecule has 0 bridgehead atoms. The maximum absolute atomic E-state index is 5.80. The van der Waals surface area contributed by atoms with E-state index in [2.05, 4.69) is 16.9 Å². The molecule has 0 amide bonds. The Morgan fingerprint density at radius 1 is 1.41 bits per heavy atom. The number of nitrogens with zero attached hydrogens (tertiary/aromatic N) is 3. The van der Waals surface area contributed by atoms with Gasteiger partial charge in [0.25, 0.3) is 0 Å². The van der Waals surface area contributed by atoms with Crippen molar-refractivity contribution in [1.29, 1.82) is 0 Å². The second kappa shape index (κ2) is 6.99. The van der Waals surface area contributed by atoms with Crippen molar-refractivity contribution in [3.05, 3.63) is 18.5 Å². The molecule has 0 radical (unpaired) electrons. The quantitative estimate of drug-likeness (QED) is 0.884. The number of piperidine rings is 1. The lowest BCUT2D eigenvalue weighted by Gasteiger charge is -2.36. The maximum Gasteiger partial charge on any atom is 0.0536 e. The van der Waals surface area contributed by atoms with Gasteiger partial charge in [0.05, 0.1) is 6.54 Å². The second-order valence-electron chi connectivity index (χ2n) is 4.83. The van der Waals surface area contributed by atoms with Gasteiger partial charge in [-0.25, -0.2) is 0 Å². The van der Waals surface area contributed by atoms with Crippen LogP contribution in [0.25, 0.3) is 0 Å². The van der Waals surface area contributed by atoms with Crippen LogP contribution < -0.4 is 5.73 Å². The average molecular weight is 259 g/mol. The van der Waals surface area contributed by atoms with Gasteiger partial charge in [-0.3, -0.25) is 4.68 Å². The predicted molar refractivity (Wildman–Crippen MR) is 72.2 cm³/mol. The first-order valence-corrected chi connectivity index (χ1v) is 6.19. The molecule has 98 valence electrons. The summed E-state index contributed by atoms with van der Waals surface area (Å²) in [5.41, 5.74) is 5.80. The predicted octanol–water partition coefficient (Wildman–Crippen LogP) is 1.22. The molecule has 0 aromatic carbocycles. The van der Waals surface area contributed by atoms with Crippen LogP contribution in [0.15, 0.2) is 18.5 Å². The van der Waals surface area contributed by atoms with E-state index in [1.54, 1.807) is 0 Å². The molecule has 1 saturated heterocycles. The molecule has 2 N–H and O–H groups in total. The third kappa shape index (κ3) is 3.98. The third-order valence-corrected chi connectivity index (χ3v) is 3.71. The molecule has 5 heteroatoms. The second-order valence-corrected chi connectivity index (χ2v) is 4.83. The van der Waals surface area contributed by atoms with Crippen molar-refractivity contribution >= 4 is 12.4 Å². The summed E-state index contributed by atoms with van der Waals surface area (Å²) in [6.07, 6.45) is 5.13. The fourth-order valence-electron chi connectivity index (χ4n) is 2.41. The smallest absolute Gasteiger partial charge is 0.0536 e. The molecule has 0 aliphatic carbocycles. The Balaban J connectivity index is 0.00000144. The van der Waals surface area contributed by atoms with Gasteiger partial charge in [-0.05, 0) is 37.4 Å². The minimum absolute atomic E-state index is 0.